The molecule has 7 heteroatoms. The Morgan fingerprint density at radius 1 is 1.25 bits per heavy atom. The normalized spacial score (nSPS) is 13.4. The number of carbonyl (C=O) groups excluding carboxylic acids is 1. The van der Waals surface area contributed by atoms with E-state index in [2.05, 4.69) is 0 Å². The second-order valence-corrected chi connectivity index (χ2v) is 5.45. The summed E-state index contributed by atoms with van der Waals surface area (Å²) in [5.41, 5.74) is -3.21. The van der Waals surface area contributed by atoms with Crippen molar-refractivity contribution in [3.8, 4) is 0 Å². The van der Waals surface area contributed by atoms with Crippen LogP contribution in [-0.4, -0.2) is 22.1 Å². The molecular weight excluding hydrogens is 317 g/mol. The van der Waals surface area contributed by atoms with Crippen LogP contribution < -0.4 is 0 Å². The van der Waals surface area contributed by atoms with Gasteiger partial charge in [0.15, 0.2) is 0 Å². The van der Waals surface area contributed by atoms with Crippen molar-refractivity contribution in [2.45, 2.75) is 25.6 Å². The number of hydrogen-bond donors (Lipinski definition) is 1. The van der Waals surface area contributed by atoms with Gasteiger partial charge in [-0.2, -0.15) is 0 Å². The topological polar surface area (TPSA) is 89.7 Å². The van der Waals surface area contributed by atoms with Crippen LogP contribution in [0.25, 0.3) is 0 Å². The van der Waals surface area contributed by atoms with Gasteiger partial charge >= 0.3 is 5.97 Å². The summed E-state index contributed by atoms with van der Waals surface area (Å²) >= 11 is 0. The second kappa shape index (κ2) is 6.76. The molecule has 2 rings (SSSR count). The third-order valence-electron chi connectivity index (χ3n) is 3.38. The Bertz CT molecular complexity index is 763. The SMILES string of the molecule is CC(C)OC(=O)C(O)(c1ccccc1)c1ccc([N+](=O)[O-])cc1F. The van der Waals surface area contributed by atoms with E-state index in [4.69, 9.17) is 4.74 Å². The van der Waals surface area contributed by atoms with Gasteiger partial charge < -0.3 is 9.84 Å². The standard InChI is InChI=1S/C17H16FNO5/c1-11(2)24-16(20)17(21,12-6-4-3-5-7-12)14-9-8-13(19(22)23)10-15(14)18/h3-11,21H,1-2H3. The zero-order valence-corrected chi connectivity index (χ0v) is 13.1. The lowest BCUT2D eigenvalue weighted by atomic mass is 9.85. The molecule has 1 unspecified atom stereocenters. The molecule has 126 valence electrons. The van der Waals surface area contributed by atoms with Gasteiger partial charge in [-0.15, -0.1) is 0 Å². The number of halogens is 1. The van der Waals surface area contributed by atoms with Crippen molar-refractivity contribution in [2.24, 2.45) is 0 Å². The lowest BCUT2D eigenvalue weighted by molar-refractivity contribution is -0.385. The minimum absolute atomic E-state index is 0.100. The maximum atomic E-state index is 14.4. The highest BCUT2D eigenvalue weighted by Gasteiger charge is 2.44. The number of nitrogens with zero attached hydrogens (tertiary/aromatic N) is 1. The van der Waals surface area contributed by atoms with Crippen LogP contribution >= 0.6 is 0 Å². The highest BCUT2D eigenvalue weighted by Crippen LogP contribution is 2.34. The van der Waals surface area contributed by atoms with Crippen LogP contribution in [-0.2, 0) is 15.1 Å². The molecule has 0 aliphatic heterocycles. The van der Waals surface area contributed by atoms with E-state index in [1.54, 1.807) is 32.0 Å². The van der Waals surface area contributed by atoms with E-state index in [1.807, 2.05) is 0 Å². The molecule has 0 saturated heterocycles. The molecule has 0 bridgehead atoms. The van der Waals surface area contributed by atoms with E-state index in [-0.39, 0.29) is 5.56 Å². The van der Waals surface area contributed by atoms with Crippen LogP contribution in [0.15, 0.2) is 48.5 Å². The fraction of sp³-hybridized carbons (Fsp3) is 0.235. The molecule has 0 fully saturated rings. The first-order valence-corrected chi connectivity index (χ1v) is 7.20. The minimum atomic E-state index is -2.41. The van der Waals surface area contributed by atoms with Gasteiger partial charge in [0.1, 0.15) is 5.82 Å². The van der Waals surface area contributed by atoms with Crippen LogP contribution in [0.3, 0.4) is 0 Å². The summed E-state index contributed by atoms with van der Waals surface area (Å²) in [6.45, 7) is 3.19. The summed E-state index contributed by atoms with van der Waals surface area (Å²) in [6.07, 6.45) is -0.533. The Morgan fingerprint density at radius 2 is 1.88 bits per heavy atom. The quantitative estimate of drug-likeness (QED) is 0.516. The van der Waals surface area contributed by atoms with E-state index >= 15 is 0 Å². The average Bonchev–Trinajstić information content (AvgIpc) is 2.54. The highest BCUT2D eigenvalue weighted by molar-refractivity contribution is 5.85. The first kappa shape index (κ1) is 17.6. The zero-order valence-electron chi connectivity index (χ0n) is 13.1. The Morgan fingerprint density at radius 3 is 2.38 bits per heavy atom. The summed E-state index contributed by atoms with van der Waals surface area (Å²) in [6, 6.07) is 10.4. The number of aliphatic hydroxyl groups is 1. The molecule has 24 heavy (non-hydrogen) atoms. The minimum Gasteiger partial charge on any atom is -0.460 e. The van der Waals surface area contributed by atoms with Gasteiger partial charge in [-0.25, -0.2) is 9.18 Å². The van der Waals surface area contributed by atoms with Gasteiger partial charge in [-0.3, -0.25) is 10.1 Å². The molecule has 2 aromatic carbocycles. The number of esters is 1. The van der Waals surface area contributed by atoms with E-state index in [9.17, 15) is 24.4 Å². The molecule has 0 spiro atoms. The molecule has 0 aromatic heterocycles. The highest BCUT2D eigenvalue weighted by atomic mass is 19.1. The fourth-order valence-corrected chi connectivity index (χ4v) is 2.27. The van der Waals surface area contributed by atoms with Crippen LogP contribution in [0.4, 0.5) is 10.1 Å². The number of ether oxygens (including phenoxy) is 1. The van der Waals surface area contributed by atoms with Gasteiger partial charge in [-0.1, -0.05) is 30.3 Å². The van der Waals surface area contributed by atoms with Gasteiger partial charge in [0.2, 0.25) is 5.60 Å². The fourth-order valence-electron chi connectivity index (χ4n) is 2.27. The lowest BCUT2D eigenvalue weighted by Gasteiger charge is -2.28. The van der Waals surface area contributed by atoms with Crippen molar-refractivity contribution in [2.75, 3.05) is 0 Å². The summed E-state index contributed by atoms with van der Waals surface area (Å²) in [4.78, 5) is 22.5. The van der Waals surface area contributed by atoms with Crippen LogP contribution in [0, 0.1) is 15.9 Å². The second-order valence-electron chi connectivity index (χ2n) is 5.45. The number of nitro groups is 1. The molecule has 1 atom stereocenters. The summed E-state index contributed by atoms with van der Waals surface area (Å²) in [7, 11) is 0. The number of hydrogen-bond acceptors (Lipinski definition) is 5. The van der Waals surface area contributed by atoms with Crippen molar-refractivity contribution in [1.82, 2.24) is 0 Å². The summed E-state index contributed by atoms with van der Waals surface area (Å²) in [5, 5.41) is 21.7. The monoisotopic (exact) mass is 333 g/mol. The van der Waals surface area contributed by atoms with Gasteiger partial charge in [0.05, 0.1) is 17.1 Å². The van der Waals surface area contributed by atoms with Crippen LogP contribution in [0.2, 0.25) is 0 Å². The Balaban J connectivity index is 2.63. The summed E-state index contributed by atoms with van der Waals surface area (Å²) in [5.74, 6) is -2.13. The molecular formula is C17H16FNO5. The average molecular weight is 333 g/mol. The van der Waals surface area contributed by atoms with E-state index in [0.717, 1.165) is 12.1 Å². The summed E-state index contributed by atoms with van der Waals surface area (Å²) < 4.78 is 19.5. The molecule has 0 saturated carbocycles. The van der Waals surface area contributed by atoms with Crippen molar-refractivity contribution in [3.05, 3.63) is 75.6 Å². The van der Waals surface area contributed by atoms with Crippen molar-refractivity contribution in [3.63, 3.8) is 0 Å². The largest absolute Gasteiger partial charge is 0.460 e. The van der Waals surface area contributed by atoms with Gasteiger partial charge in [0, 0.05) is 11.6 Å². The van der Waals surface area contributed by atoms with Crippen molar-refractivity contribution < 1.29 is 24.0 Å². The Hall–Kier alpha value is -2.80. The third kappa shape index (κ3) is 3.26. The molecule has 0 aliphatic carbocycles. The van der Waals surface area contributed by atoms with E-state index < -0.39 is 39.7 Å². The predicted molar refractivity (Wildman–Crippen MR) is 83.7 cm³/mol. The van der Waals surface area contributed by atoms with E-state index in [1.165, 1.54) is 12.1 Å². The zero-order chi connectivity index (χ0) is 17.9. The van der Waals surface area contributed by atoms with Crippen LogP contribution in [0.5, 0.6) is 0 Å². The number of benzene rings is 2. The number of nitro benzene ring substituents is 1. The Labute approximate surface area is 137 Å². The molecule has 0 amide bonds. The maximum Gasteiger partial charge on any atom is 0.348 e. The Kier molecular flexibility index (Phi) is 4.94. The first-order chi connectivity index (χ1) is 11.3. The smallest absolute Gasteiger partial charge is 0.348 e. The molecule has 2 aromatic rings. The molecule has 6 nitrogen and oxygen atoms in total. The molecule has 0 radical (unpaired) electrons. The molecule has 1 N–H and O–H groups in total. The predicted octanol–water partition coefficient (Wildman–Crippen LogP) is 2.92. The van der Waals surface area contributed by atoms with Gasteiger partial charge in [0.25, 0.3) is 5.69 Å². The first-order valence-electron chi connectivity index (χ1n) is 7.20. The van der Waals surface area contributed by atoms with Gasteiger partial charge in [-0.05, 0) is 25.5 Å². The van der Waals surface area contributed by atoms with E-state index in [0.29, 0.717) is 6.07 Å². The van der Waals surface area contributed by atoms with Crippen LogP contribution in [0.1, 0.15) is 25.0 Å². The maximum absolute atomic E-state index is 14.4. The number of rotatable bonds is 5. The molecule has 0 aliphatic rings. The van der Waals surface area contributed by atoms with Crippen molar-refractivity contribution >= 4 is 11.7 Å². The third-order valence-corrected chi connectivity index (χ3v) is 3.38. The molecule has 0 heterocycles. The number of carbonyl (C=O) groups is 1. The number of non-ortho nitro benzene ring substituents is 1. The lowest BCUT2D eigenvalue weighted by Crippen LogP contribution is -2.40. The van der Waals surface area contributed by atoms with Crippen molar-refractivity contribution in [1.29, 1.82) is 0 Å².